The molecule has 1 saturated carbocycles. The average molecular weight is 348 g/mol. The first-order chi connectivity index (χ1) is 12.1. The standard InChI is InChI=1S/C18H22F2N4O/c1-12(15-5-4-14(19)10-16(15)20)24-8-6-23(7-9-24)11-17-21-22-18(25-17)13-2-3-13/h4-5,10,12-13H,2-3,6-9,11H2,1H3/t12-/m0/s1. The third-order valence-corrected chi connectivity index (χ3v) is 5.14. The number of hydrogen-bond donors (Lipinski definition) is 0. The fourth-order valence-electron chi connectivity index (χ4n) is 3.36. The van der Waals surface area contributed by atoms with Crippen LogP contribution in [0.5, 0.6) is 0 Å². The maximum absolute atomic E-state index is 14.0. The van der Waals surface area contributed by atoms with E-state index >= 15 is 0 Å². The minimum absolute atomic E-state index is 0.0763. The molecule has 1 saturated heterocycles. The third-order valence-electron chi connectivity index (χ3n) is 5.14. The van der Waals surface area contributed by atoms with E-state index in [4.69, 9.17) is 4.42 Å². The largest absolute Gasteiger partial charge is 0.424 e. The van der Waals surface area contributed by atoms with E-state index in [1.165, 1.54) is 6.07 Å². The molecule has 1 aliphatic carbocycles. The van der Waals surface area contributed by atoms with Gasteiger partial charge in [0.15, 0.2) is 0 Å². The van der Waals surface area contributed by atoms with Gasteiger partial charge in [0, 0.05) is 49.8 Å². The zero-order valence-corrected chi connectivity index (χ0v) is 14.3. The molecule has 7 heteroatoms. The fourth-order valence-corrected chi connectivity index (χ4v) is 3.36. The molecule has 0 unspecified atom stereocenters. The van der Waals surface area contributed by atoms with Crippen LogP contribution in [0.25, 0.3) is 0 Å². The molecule has 25 heavy (non-hydrogen) atoms. The first-order valence-corrected chi connectivity index (χ1v) is 8.84. The van der Waals surface area contributed by atoms with Crippen LogP contribution in [0.3, 0.4) is 0 Å². The molecular formula is C18H22F2N4O. The molecule has 4 rings (SSSR count). The highest BCUT2D eigenvalue weighted by atomic mass is 19.1. The van der Waals surface area contributed by atoms with Crippen molar-refractivity contribution in [2.45, 2.75) is 38.3 Å². The number of nitrogens with zero attached hydrogens (tertiary/aromatic N) is 4. The number of rotatable bonds is 5. The SMILES string of the molecule is C[C@@H](c1ccc(F)cc1F)N1CCN(Cc2nnc(C3CC3)o2)CC1. The second kappa shape index (κ2) is 6.80. The minimum atomic E-state index is -0.539. The van der Waals surface area contributed by atoms with Crippen molar-refractivity contribution in [1.82, 2.24) is 20.0 Å². The fraction of sp³-hybridized carbons (Fsp3) is 0.556. The summed E-state index contributed by atoms with van der Waals surface area (Å²) in [6, 6.07) is 3.74. The monoisotopic (exact) mass is 348 g/mol. The van der Waals surface area contributed by atoms with Crippen molar-refractivity contribution in [2.24, 2.45) is 0 Å². The third kappa shape index (κ3) is 3.72. The van der Waals surface area contributed by atoms with Gasteiger partial charge in [-0.05, 0) is 25.8 Å². The van der Waals surface area contributed by atoms with Gasteiger partial charge in [-0.1, -0.05) is 6.07 Å². The van der Waals surface area contributed by atoms with Crippen LogP contribution in [0.15, 0.2) is 22.6 Å². The van der Waals surface area contributed by atoms with Crippen LogP contribution in [-0.4, -0.2) is 46.2 Å². The van der Waals surface area contributed by atoms with Crippen molar-refractivity contribution >= 4 is 0 Å². The quantitative estimate of drug-likeness (QED) is 0.831. The maximum Gasteiger partial charge on any atom is 0.230 e. The lowest BCUT2D eigenvalue weighted by atomic mass is 10.1. The van der Waals surface area contributed by atoms with Crippen molar-refractivity contribution in [3.8, 4) is 0 Å². The lowest BCUT2D eigenvalue weighted by molar-refractivity contribution is 0.0906. The summed E-state index contributed by atoms with van der Waals surface area (Å²) in [7, 11) is 0. The van der Waals surface area contributed by atoms with Crippen molar-refractivity contribution in [3.63, 3.8) is 0 Å². The summed E-state index contributed by atoms with van der Waals surface area (Å²) in [5, 5.41) is 8.25. The van der Waals surface area contributed by atoms with Crippen LogP contribution in [0, 0.1) is 11.6 Å². The lowest BCUT2D eigenvalue weighted by Crippen LogP contribution is -2.46. The predicted octanol–water partition coefficient (Wildman–Crippen LogP) is 3.10. The maximum atomic E-state index is 14.0. The van der Waals surface area contributed by atoms with Crippen LogP contribution in [0.4, 0.5) is 8.78 Å². The highest BCUT2D eigenvalue weighted by Gasteiger charge is 2.30. The van der Waals surface area contributed by atoms with Crippen molar-refractivity contribution in [1.29, 1.82) is 0 Å². The van der Waals surface area contributed by atoms with Gasteiger partial charge in [-0.25, -0.2) is 8.78 Å². The van der Waals surface area contributed by atoms with Crippen LogP contribution in [-0.2, 0) is 6.54 Å². The summed E-state index contributed by atoms with van der Waals surface area (Å²) in [6.45, 7) is 5.98. The molecule has 2 aliphatic rings. The Balaban J connectivity index is 1.32. The molecule has 0 N–H and O–H groups in total. The second-order valence-corrected chi connectivity index (χ2v) is 6.96. The van der Waals surface area contributed by atoms with Gasteiger partial charge in [-0.2, -0.15) is 0 Å². The normalized spacial score (nSPS) is 20.8. The molecule has 0 amide bonds. The molecule has 134 valence electrons. The topological polar surface area (TPSA) is 45.4 Å². The van der Waals surface area contributed by atoms with E-state index in [0.717, 1.165) is 51.0 Å². The van der Waals surface area contributed by atoms with Crippen molar-refractivity contribution in [3.05, 3.63) is 47.2 Å². The average Bonchev–Trinajstić information content (AvgIpc) is 3.35. The number of hydrogen-bond acceptors (Lipinski definition) is 5. The molecule has 1 aromatic carbocycles. The molecule has 1 aliphatic heterocycles. The summed E-state index contributed by atoms with van der Waals surface area (Å²) in [5.41, 5.74) is 0.542. The van der Waals surface area contributed by atoms with Crippen LogP contribution in [0.2, 0.25) is 0 Å². The number of halogens is 2. The smallest absolute Gasteiger partial charge is 0.230 e. The molecule has 0 spiro atoms. The second-order valence-electron chi connectivity index (χ2n) is 6.96. The Bertz CT molecular complexity index is 738. The summed E-state index contributed by atoms with van der Waals surface area (Å²) < 4.78 is 32.8. The molecule has 0 bridgehead atoms. The molecule has 1 atom stereocenters. The highest BCUT2D eigenvalue weighted by Crippen LogP contribution is 2.39. The summed E-state index contributed by atoms with van der Waals surface area (Å²) in [5.74, 6) is 0.906. The summed E-state index contributed by atoms with van der Waals surface area (Å²) in [6.07, 6.45) is 2.30. The van der Waals surface area contributed by atoms with E-state index in [9.17, 15) is 8.78 Å². The van der Waals surface area contributed by atoms with Gasteiger partial charge in [0.05, 0.1) is 6.54 Å². The molecule has 5 nitrogen and oxygen atoms in total. The summed E-state index contributed by atoms with van der Waals surface area (Å²) >= 11 is 0. The Morgan fingerprint density at radius 1 is 1.16 bits per heavy atom. The van der Waals surface area contributed by atoms with Gasteiger partial charge in [-0.3, -0.25) is 9.80 Å². The molecule has 2 aromatic rings. The van der Waals surface area contributed by atoms with Gasteiger partial charge in [0.1, 0.15) is 11.6 Å². The van der Waals surface area contributed by atoms with E-state index in [0.29, 0.717) is 23.9 Å². The van der Waals surface area contributed by atoms with Crippen LogP contribution >= 0.6 is 0 Å². The lowest BCUT2D eigenvalue weighted by Gasteiger charge is -2.37. The Kier molecular flexibility index (Phi) is 4.52. The number of benzene rings is 1. The van der Waals surface area contributed by atoms with E-state index in [2.05, 4.69) is 20.0 Å². The highest BCUT2D eigenvalue weighted by molar-refractivity contribution is 5.22. The van der Waals surface area contributed by atoms with E-state index in [1.54, 1.807) is 6.07 Å². The van der Waals surface area contributed by atoms with Gasteiger partial charge >= 0.3 is 0 Å². The van der Waals surface area contributed by atoms with Crippen molar-refractivity contribution in [2.75, 3.05) is 26.2 Å². The summed E-state index contributed by atoms with van der Waals surface area (Å²) in [4.78, 5) is 4.49. The molecular weight excluding hydrogens is 326 g/mol. The predicted molar refractivity (Wildman–Crippen MR) is 87.9 cm³/mol. The first-order valence-electron chi connectivity index (χ1n) is 8.84. The van der Waals surface area contributed by atoms with E-state index < -0.39 is 11.6 Å². The molecule has 2 fully saturated rings. The first kappa shape index (κ1) is 16.6. The van der Waals surface area contributed by atoms with Crippen molar-refractivity contribution < 1.29 is 13.2 Å². The number of aromatic nitrogens is 2. The van der Waals surface area contributed by atoms with Gasteiger partial charge in [0.25, 0.3) is 0 Å². The van der Waals surface area contributed by atoms with Gasteiger partial charge in [-0.15, -0.1) is 10.2 Å². The van der Waals surface area contributed by atoms with Gasteiger partial charge < -0.3 is 4.42 Å². The molecule has 2 heterocycles. The number of piperazine rings is 1. The Morgan fingerprint density at radius 3 is 2.60 bits per heavy atom. The Labute approximate surface area is 145 Å². The zero-order valence-electron chi connectivity index (χ0n) is 14.3. The zero-order chi connectivity index (χ0) is 17.4. The van der Waals surface area contributed by atoms with E-state index in [-0.39, 0.29) is 6.04 Å². The van der Waals surface area contributed by atoms with Gasteiger partial charge in [0.2, 0.25) is 11.8 Å². The Hall–Kier alpha value is -1.86. The molecule has 1 aromatic heterocycles. The van der Waals surface area contributed by atoms with E-state index in [1.807, 2.05) is 6.92 Å². The van der Waals surface area contributed by atoms with Crippen LogP contribution in [0.1, 0.15) is 49.1 Å². The molecule has 0 radical (unpaired) electrons. The van der Waals surface area contributed by atoms with Crippen LogP contribution < -0.4 is 0 Å². The Morgan fingerprint density at radius 2 is 1.92 bits per heavy atom. The minimum Gasteiger partial charge on any atom is -0.424 e.